The number of carbonyl (C=O) groups excluding carboxylic acids is 2. The summed E-state index contributed by atoms with van der Waals surface area (Å²) in [6.07, 6.45) is 0. The molecule has 2 amide bonds. The predicted octanol–water partition coefficient (Wildman–Crippen LogP) is 2.49. The minimum absolute atomic E-state index is 0.0689. The number of carbonyl (C=O) groups is 2. The third-order valence-electron chi connectivity index (χ3n) is 4.30. The van der Waals surface area contributed by atoms with E-state index in [9.17, 15) is 18.8 Å². The number of nitrogens with one attached hydrogen (secondary N) is 2. The largest absolute Gasteiger partial charge is 0.343 e. The summed E-state index contributed by atoms with van der Waals surface area (Å²) in [7, 11) is 0. The molecule has 0 aliphatic heterocycles. The van der Waals surface area contributed by atoms with Crippen molar-refractivity contribution in [3.05, 3.63) is 75.0 Å². The average Bonchev–Trinajstić information content (AvgIpc) is 2.70. The van der Waals surface area contributed by atoms with Crippen molar-refractivity contribution < 1.29 is 14.0 Å². The zero-order valence-electron chi connectivity index (χ0n) is 15.5. The summed E-state index contributed by atoms with van der Waals surface area (Å²) in [6, 6.07) is 9.78. The molecule has 0 radical (unpaired) electrons. The van der Waals surface area contributed by atoms with Gasteiger partial charge in [-0.3, -0.25) is 14.4 Å². The Hall–Kier alpha value is -3.26. The van der Waals surface area contributed by atoms with Crippen LogP contribution in [0, 0.1) is 5.82 Å². The second-order valence-corrected chi connectivity index (χ2v) is 6.71. The first-order valence-electron chi connectivity index (χ1n) is 8.87. The van der Waals surface area contributed by atoms with Crippen molar-refractivity contribution >= 4 is 34.3 Å². The molecule has 2 aromatic carbocycles. The fraction of sp³-hybridized carbons (Fsp3) is 0.200. The maximum Gasteiger partial charge on any atom is 0.258 e. The molecule has 0 aliphatic carbocycles. The third-order valence-corrected chi connectivity index (χ3v) is 4.53. The van der Waals surface area contributed by atoms with Crippen LogP contribution in [0.15, 0.2) is 47.3 Å². The normalized spacial score (nSPS) is 10.7. The lowest BCUT2D eigenvalue weighted by molar-refractivity contribution is -0.130. The van der Waals surface area contributed by atoms with Crippen LogP contribution in [0.4, 0.5) is 4.39 Å². The maximum atomic E-state index is 12.9. The Labute approximate surface area is 170 Å². The van der Waals surface area contributed by atoms with Crippen molar-refractivity contribution in [1.82, 2.24) is 20.2 Å². The average molecular weight is 417 g/mol. The summed E-state index contributed by atoms with van der Waals surface area (Å²) in [5.41, 5.74) is 0.360. The molecule has 0 saturated heterocycles. The topological polar surface area (TPSA) is 95.2 Å². The fourth-order valence-electron chi connectivity index (χ4n) is 2.76. The lowest BCUT2D eigenvalue weighted by atomic mass is 10.2. The molecule has 1 aromatic heterocycles. The lowest BCUT2D eigenvalue weighted by Crippen LogP contribution is -2.40. The van der Waals surface area contributed by atoms with Gasteiger partial charge >= 0.3 is 0 Å². The van der Waals surface area contributed by atoms with Gasteiger partial charge in [-0.25, -0.2) is 9.37 Å². The van der Waals surface area contributed by atoms with E-state index in [2.05, 4.69) is 15.3 Å². The van der Waals surface area contributed by atoms with Gasteiger partial charge in [-0.1, -0.05) is 11.6 Å². The minimum atomic E-state index is -0.485. The number of likely N-dealkylation sites (N-methyl/N-ethyl adjacent to an activating group) is 1. The van der Waals surface area contributed by atoms with Gasteiger partial charge < -0.3 is 15.2 Å². The first-order chi connectivity index (χ1) is 13.9. The Kier molecular flexibility index (Phi) is 6.23. The molecule has 0 atom stereocenters. The summed E-state index contributed by atoms with van der Waals surface area (Å²) < 4.78 is 12.9. The van der Waals surface area contributed by atoms with Crippen LogP contribution in [0.3, 0.4) is 0 Å². The summed E-state index contributed by atoms with van der Waals surface area (Å²) in [5, 5.41) is 3.36. The Morgan fingerprint density at radius 3 is 2.62 bits per heavy atom. The van der Waals surface area contributed by atoms with E-state index in [1.807, 2.05) is 0 Å². The van der Waals surface area contributed by atoms with Gasteiger partial charge in [0.05, 0.1) is 24.0 Å². The quantitative estimate of drug-likeness (QED) is 0.645. The highest BCUT2D eigenvalue weighted by Crippen LogP contribution is 2.15. The Morgan fingerprint density at radius 2 is 1.93 bits per heavy atom. The SMILES string of the molecule is CCN(Cc1nc2cc(Cl)ccc2c(=O)[nH]1)C(=O)CNC(=O)c1ccc(F)cc1. The number of aromatic nitrogens is 2. The third kappa shape index (κ3) is 4.97. The summed E-state index contributed by atoms with van der Waals surface area (Å²) in [5.74, 6) is -0.976. The van der Waals surface area contributed by atoms with Crippen molar-refractivity contribution in [2.45, 2.75) is 13.5 Å². The van der Waals surface area contributed by atoms with E-state index in [0.29, 0.717) is 28.3 Å². The molecule has 1 heterocycles. The Morgan fingerprint density at radius 1 is 1.21 bits per heavy atom. The van der Waals surface area contributed by atoms with Crippen LogP contribution in [0.5, 0.6) is 0 Å². The van der Waals surface area contributed by atoms with Crippen LogP contribution >= 0.6 is 11.6 Å². The number of amides is 2. The number of hydrogen-bond donors (Lipinski definition) is 2. The van der Waals surface area contributed by atoms with Gasteiger partial charge in [0.2, 0.25) is 5.91 Å². The summed E-state index contributed by atoms with van der Waals surface area (Å²) in [6.45, 7) is 1.95. The summed E-state index contributed by atoms with van der Waals surface area (Å²) >= 11 is 5.96. The van der Waals surface area contributed by atoms with Gasteiger partial charge in [0, 0.05) is 17.1 Å². The van der Waals surface area contributed by atoms with Crippen LogP contribution in [0.1, 0.15) is 23.1 Å². The maximum absolute atomic E-state index is 12.9. The van der Waals surface area contributed by atoms with Crippen molar-refractivity contribution in [1.29, 1.82) is 0 Å². The Bertz CT molecular complexity index is 1110. The molecule has 0 fully saturated rings. The zero-order valence-corrected chi connectivity index (χ0v) is 16.3. The van der Waals surface area contributed by atoms with Crippen LogP contribution in [0.2, 0.25) is 5.02 Å². The first kappa shape index (κ1) is 20.5. The van der Waals surface area contributed by atoms with Gasteiger partial charge in [0.25, 0.3) is 11.5 Å². The summed E-state index contributed by atoms with van der Waals surface area (Å²) in [4.78, 5) is 45.2. The van der Waals surface area contributed by atoms with Crippen molar-refractivity contribution in [3.8, 4) is 0 Å². The second-order valence-electron chi connectivity index (χ2n) is 6.27. The molecule has 150 valence electrons. The highest BCUT2D eigenvalue weighted by molar-refractivity contribution is 6.31. The number of halogens is 2. The monoisotopic (exact) mass is 416 g/mol. The van der Waals surface area contributed by atoms with E-state index in [1.165, 1.54) is 29.2 Å². The molecule has 3 rings (SSSR count). The number of hydrogen-bond acceptors (Lipinski definition) is 4. The molecular formula is C20H18ClFN4O3. The molecule has 3 aromatic rings. The van der Waals surface area contributed by atoms with Crippen LogP contribution in [-0.2, 0) is 11.3 Å². The van der Waals surface area contributed by atoms with Crippen LogP contribution in [-0.4, -0.2) is 39.8 Å². The highest BCUT2D eigenvalue weighted by atomic mass is 35.5. The number of fused-ring (bicyclic) bond motifs is 1. The predicted molar refractivity (Wildman–Crippen MR) is 107 cm³/mol. The standard InChI is InChI=1S/C20H18ClFN4O3/c1-2-26(18(27)10-23-19(28)12-3-6-14(22)7-4-12)11-17-24-16-9-13(21)5-8-15(16)20(29)25-17/h3-9H,2,10-11H2,1H3,(H,23,28)(H,24,25,29). The Balaban J connectivity index is 1.68. The van der Waals surface area contributed by atoms with Crippen molar-refractivity contribution in [2.24, 2.45) is 0 Å². The van der Waals surface area contributed by atoms with Gasteiger partial charge in [0.15, 0.2) is 0 Å². The molecule has 0 aliphatic rings. The molecule has 2 N–H and O–H groups in total. The number of nitrogens with zero attached hydrogens (tertiary/aromatic N) is 2. The van der Waals surface area contributed by atoms with Crippen molar-refractivity contribution in [3.63, 3.8) is 0 Å². The molecule has 7 nitrogen and oxygen atoms in total. The van der Waals surface area contributed by atoms with Gasteiger partial charge in [-0.15, -0.1) is 0 Å². The van der Waals surface area contributed by atoms with E-state index in [0.717, 1.165) is 0 Å². The second kappa shape index (κ2) is 8.83. The van der Waals surface area contributed by atoms with Gasteiger partial charge in [-0.05, 0) is 49.4 Å². The van der Waals surface area contributed by atoms with E-state index < -0.39 is 11.7 Å². The first-order valence-corrected chi connectivity index (χ1v) is 9.25. The van der Waals surface area contributed by atoms with Gasteiger partial charge in [-0.2, -0.15) is 0 Å². The minimum Gasteiger partial charge on any atom is -0.343 e. The zero-order chi connectivity index (χ0) is 21.0. The molecule has 9 heteroatoms. The molecule has 29 heavy (non-hydrogen) atoms. The number of aromatic amines is 1. The molecule has 0 bridgehead atoms. The van der Waals surface area contributed by atoms with Gasteiger partial charge in [0.1, 0.15) is 11.6 Å². The molecule has 0 spiro atoms. The highest BCUT2D eigenvalue weighted by Gasteiger charge is 2.16. The van der Waals surface area contributed by atoms with E-state index >= 15 is 0 Å². The molecule has 0 saturated carbocycles. The van der Waals surface area contributed by atoms with E-state index in [1.54, 1.807) is 25.1 Å². The van der Waals surface area contributed by atoms with Crippen molar-refractivity contribution in [2.75, 3.05) is 13.1 Å². The lowest BCUT2D eigenvalue weighted by Gasteiger charge is -2.20. The molecular weight excluding hydrogens is 399 g/mol. The number of rotatable bonds is 6. The van der Waals surface area contributed by atoms with E-state index in [-0.39, 0.29) is 30.1 Å². The molecule has 0 unspecified atom stereocenters. The number of benzene rings is 2. The number of H-pyrrole nitrogens is 1. The van der Waals surface area contributed by atoms with E-state index in [4.69, 9.17) is 11.6 Å². The fourth-order valence-corrected chi connectivity index (χ4v) is 2.93. The smallest absolute Gasteiger partial charge is 0.258 e. The van der Waals surface area contributed by atoms with Crippen LogP contribution in [0.25, 0.3) is 10.9 Å². The van der Waals surface area contributed by atoms with Crippen LogP contribution < -0.4 is 10.9 Å².